The fourth-order valence-electron chi connectivity index (χ4n) is 1.82. The van der Waals surface area contributed by atoms with E-state index in [1.165, 1.54) is 6.07 Å². The fourth-order valence-corrected chi connectivity index (χ4v) is 2.07. The second-order valence-corrected chi connectivity index (χ2v) is 4.68. The Bertz CT molecular complexity index is 656. The summed E-state index contributed by atoms with van der Waals surface area (Å²) >= 11 is 6.04. The van der Waals surface area contributed by atoms with Crippen molar-refractivity contribution in [2.24, 2.45) is 0 Å². The number of nitrogen functional groups attached to an aromatic ring is 1. The minimum atomic E-state index is -1.09. The van der Waals surface area contributed by atoms with E-state index in [1.807, 2.05) is 6.92 Å². The lowest BCUT2D eigenvalue weighted by Crippen LogP contribution is -2.01. The molecular formula is C15H14ClNO3. The molecule has 0 atom stereocenters. The molecule has 5 heteroatoms. The molecule has 20 heavy (non-hydrogen) atoms. The molecule has 0 saturated heterocycles. The molecular weight excluding hydrogens is 278 g/mol. The van der Waals surface area contributed by atoms with Gasteiger partial charge in [0.25, 0.3) is 0 Å². The van der Waals surface area contributed by atoms with Crippen LogP contribution in [0.15, 0.2) is 36.4 Å². The lowest BCUT2D eigenvalue weighted by Gasteiger charge is -2.11. The van der Waals surface area contributed by atoms with Gasteiger partial charge in [-0.1, -0.05) is 18.5 Å². The number of rotatable bonds is 4. The first-order chi connectivity index (χ1) is 9.51. The van der Waals surface area contributed by atoms with Gasteiger partial charge in [0.15, 0.2) is 0 Å². The largest absolute Gasteiger partial charge is 0.478 e. The molecule has 0 aromatic heterocycles. The first-order valence-corrected chi connectivity index (χ1v) is 6.48. The summed E-state index contributed by atoms with van der Waals surface area (Å²) in [6.45, 7) is 1.98. The van der Waals surface area contributed by atoms with Crippen molar-refractivity contribution in [2.75, 3.05) is 5.73 Å². The molecule has 4 nitrogen and oxygen atoms in total. The molecule has 0 aliphatic heterocycles. The van der Waals surface area contributed by atoms with E-state index in [9.17, 15) is 4.79 Å². The average Bonchev–Trinajstić information content (AvgIpc) is 2.42. The SMILES string of the molecule is CCc1cc(Oc2ccc(N)cc2C(=O)O)ccc1Cl. The van der Waals surface area contributed by atoms with E-state index >= 15 is 0 Å². The second-order valence-electron chi connectivity index (χ2n) is 4.27. The monoisotopic (exact) mass is 291 g/mol. The highest BCUT2D eigenvalue weighted by atomic mass is 35.5. The van der Waals surface area contributed by atoms with Crippen LogP contribution in [0.1, 0.15) is 22.8 Å². The second kappa shape index (κ2) is 5.84. The van der Waals surface area contributed by atoms with Gasteiger partial charge in [-0.3, -0.25) is 0 Å². The van der Waals surface area contributed by atoms with Gasteiger partial charge in [0.2, 0.25) is 0 Å². The number of hydrogen-bond acceptors (Lipinski definition) is 3. The molecule has 2 aromatic carbocycles. The number of halogens is 1. The van der Waals surface area contributed by atoms with E-state index in [0.29, 0.717) is 16.5 Å². The van der Waals surface area contributed by atoms with Crippen LogP contribution in [0.2, 0.25) is 5.02 Å². The summed E-state index contributed by atoms with van der Waals surface area (Å²) in [4.78, 5) is 11.2. The molecule has 2 rings (SSSR count). The summed E-state index contributed by atoms with van der Waals surface area (Å²) in [6.07, 6.45) is 0.767. The molecule has 0 fully saturated rings. The zero-order chi connectivity index (χ0) is 14.7. The van der Waals surface area contributed by atoms with Gasteiger partial charge in [-0.2, -0.15) is 0 Å². The number of carboxylic acid groups (broad SMARTS) is 1. The van der Waals surface area contributed by atoms with Crippen molar-refractivity contribution in [1.29, 1.82) is 0 Å². The summed E-state index contributed by atoms with van der Waals surface area (Å²) in [6, 6.07) is 9.73. The molecule has 0 amide bonds. The molecule has 0 saturated carbocycles. The van der Waals surface area contributed by atoms with Crippen LogP contribution < -0.4 is 10.5 Å². The zero-order valence-corrected chi connectivity index (χ0v) is 11.6. The Hall–Kier alpha value is -2.20. The zero-order valence-electron chi connectivity index (χ0n) is 10.9. The molecule has 0 bridgehead atoms. The lowest BCUT2D eigenvalue weighted by molar-refractivity contribution is 0.0694. The smallest absolute Gasteiger partial charge is 0.339 e. The molecule has 0 spiro atoms. The third-order valence-electron chi connectivity index (χ3n) is 2.86. The van der Waals surface area contributed by atoms with Crippen LogP contribution in [0.5, 0.6) is 11.5 Å². The van der Waals surface area contributed by atoms with Crippen molar-refractivity contribution >= 4 is 23.3 Å². The van der Waals surface area contributed by atoms with Gasteiger partial charge in [-0.25, -0.2) is 4.79 Å². The van der Waals surface area contributed by atoms with Gasteiger partial charge < -0.3 is 15.6 Å². The number of aromatic carboxylic acids is 1. The Labute approximate surface area is 121 Å². The maximum Gasteiger partial charge on any atom is 0.339 e. The Morgan fingerprint density at radius 1 is 1.30 bits per heavy atom. The Balaban J connectivity index is 2.37. The fraction of sp³-hybridized carbons (Fsp3) is 0.133. The van der Waals surface area contributed by atoms with Crippen LogP contribution in [0.3, 0.4) is 0 Å². The van der Waals surface area contributed by atoms with Gasteiger partial charge in [0.05, 0.1) is 0 Å². The Kier molecular flexibility index (Phi) is 4.15. The number of ether oxygens (including phenoxy) is 1. The summed E-state index contributed by atoms with van der Waals surface area (Å²) in [5.41, 5.74) is 6.93. The molecule has 0 unspecified atom stereocenters. The van der Waals surface area contributed by atoms with Gasteiger partial charge in [0.1, 0.15) is 17.1 Å². The van der Waals surface area contributed by atoms with Crippen molar-refractivity contribution in [3.8, 4) is 11.5 Å². The van der Waals surface area contributed by atoms with Crippen LogP contribution in [0, 0.1) is 0 Å². The first kappa shape index (κ1) is 14.2. The molecule has 3 N–H and O–H groups in total. The standard InChI is InChI=1S/C15H14ClNO3/c1-2-9-7-11(4-5-13(9)16)20-14-6-3-10(17)8-12(14)15(18)19/h3-8H,2,17H2,1H3,(H,18,19). The molecule has 2 aromatic rings. The van der Waals surface area contributed by atoms with Crippen LogP contribution >= 0.6 is 11.6 Å². The van der Waals surface area contributed by atoms with Gasteiger partial charge in [-0.05, 0) is 48.4 Å². The van der Waals surface area contributed by atoms with Crippen LogP contribution in [-0.2, 0) is 6.42 Å². The maximum atomic E-state index is 11.2. The predicted octanol–water partition coefficient (Wildman–Crippen LogP) is 3.98. The van der Waals surface area contributed by atoms with E-state index in [0.717, 1.165) is 12.0 Å². The molecule has 104 valence electrons. The molecule has 0 aliphatic carbocycles. The number of aryl methyl sites for hydroxylation is 1. The quantitative estimate of drug-likeness (QED) is 0.836. The number of anilines is 1. The minimum Gasteiger partial charge on any atom is -0.478 e. The van der Waals surface area contributed by atoms with Crippen LogP contribution in [0.25, 0.3) is 0 Å². The Morgan fingerprint density at radius 2 is 2.05 bits per heavy atom. The summed E-state index contributed by atoms with van der Waals surface area (Å²) in [5.74, 6) is -0.299. The minimum absolute atomic E-state index is 0.0259. The molecule has 0 radical (unpaired) electrons. The van der Waals surface area contributed by atoms with Crippen LogP contribution in [-0.4, -0.2) is 11.1 Å². The number of carboxylic acids is 1. The van der Waals surface area contributed by atoms with Crippen LogP contribution in [0.4, 0.5) is 5.69 Å². The topological polar surface area (TPSA) is 72.5 Å². The van der Waals surface area contributed by atoms with Gasteiger partial charge in [-0.15, -0.1) is 0 Å². The highest BCUT2D eigenvalue weighted by molar-refractivity contribution is 6.31. The highest BCUT2D eigenvalue weighted by Crippen LogP contribution is 2.30. The van der Waals surface area contributed by atoms with Gasteiger partial charge >= 0.3 is 5.97 Å². The first-order valence-electron chi connectivity index (χ1n) is 6.10. The van der Waals surface area contributed by atoms with Gasteiger partial charge in [0, 0.05) is 10.7 Å². The predicted molar refractivity (Wildman–Crippen MR) is 78.7 cm³/mol. The normalized spacial score (nSPS) is 10.3. The summed E-state index contributed by atoms with van der Waals surface area (Å²) in [5, 5.41) is 9.82. The van der Waals surface area contributed by atoms with Crippen molar-refractivity contribution < 1.29 is 14.6 Å². The van der Waals surface area contributed by atoms with Crippen molar-refractivity contribution in [1.82, 2.24) is 0 Å². The summed E-state index contributed by atoms with van der Waals surface area (Å²) < 4.78 is 5.63. The van der Waals surface area contributed by atoms with E-state index in [2.05, 4.69) is 0 Å². The van der Waals surface area contributed by atoms with E-state index in [-0.39, 0.29) is 11.3 Å². The highest BCUT2D eigenvalue weighted by Gasteiger charge is 2.13. The van der Waals surface area contributed by atoms with E-state index in [4.69, 9.17) is 27.2 Å². The van der Waals surface area contributed by atoms with E-state index < -0.39 is 5.97 Å². The average molecular weight is 292 g/mol. The number of benzene rings is 2. The Morgan fingerprint density at radius 3 is 2.70 bits per heavy atom. The molecule has 0 heterocycles. The third-order valence-corrected chi connectivity index (χ3v) is 3.23. The van der Waals surface area contributed by atoms with Crippen molar-refractivity contribution in [3.05, 3.63) is 52.5 Å². The van der Waals surface area contributed by atoms with Crippen molar-refractivity contribution in [3.63, 3.8) is 0 Å². The van der Waals surface area contributed by atoms with E-state index in [1.54, 1.807) is 30.3 Å². The number of nitrogens with two attached hydrogens (primary N) is 1. The lowest BCUT2D eigenvalue weighted by atomic mass is 10.1. The summed E-state index contributed by atoms with van der Waals surface area (Å²) in [7, 11) is 0. The third kappa shape index (κ3) is 3.03. The number of carbonyl (C=O) groups is 1. The van der Waals surface area contributed by atoms with Crippen molar-refractivity contribution in [2.45, 2.75) is 13.3 Å². The number of hydrogen-bond donors (Lipinski definition) is 2. The maximum absolute atomic E-state index is 11.2. The molecule has 0 aliphatic rings.